The molecule has 5 unspecified atom stereocenters. The predicted molar refractivity (Wildman–Crippen MR) is 203 cm³/mol. The van der Waals surface area contributed by atoms with Gasteiger partial charge in [0.2, 0.25) is 27.6 Å². The molecule has 5 aliphatic rings. The summed E-state index contributed by atoms with van der Waals surface area (Å²) in [6, 6.07) is -3.49. The number of fused-ring (bicyclic) bond motifs is 1. The van der Waals surface area contributed by atoms with Gasteiger partial charge in [-0.05, 0) is 87.9 Å². The molecule has 4 N–H and O–H groups in total. The van der Waals surface area contributed by atoms with Crippen LogP contribution in [0.25, 0.3) is 0 Å². The first-order chi connectivity index (χ1) is 24.5. The lowest BCUT2D eigenvalue weighted by atomic mass is 9.83. The highest BCUT2D eigenvalue weighted by Crippen LogP contribution is 2.65. The number of Topliss-reactive ketones (excluding diaryl/α,β-unsaturated/α-hetero) is 1. The molecular formula is C39H66N6O7S. The summed E-state index contributed by atoms with van der Waals surface area (Å²) in [5.41, 5.74) is -2.59. The Balaban J connectivity index is 1.34. The molecule has 4 aliphatic carbocycles. The van der Waals surface area contributed by atoms with Crippen LogP contribution in [0.15, 0.2) is 0 Å². The summed E-state index contributed by atoms with van der Waals surface area (Å²) in [5, 5.41) is 11.6. The van der Waals surface area contributed by atoms with Gasteiger partial charge in [-0.3, -0.25) is 19.2 Å². The maximum absolute atomic E-state index is 14.6. The number of ketones is 1. The minimum absolute atomic E-state index is 0.00755. The van der Waals surface area contributed by atoms with Crippen molar-refractivity contribution in [2.75, 3.05) is 18.8 Å². The van der Waals surface area contributed by atoms with Crippen molar-refractivity contribution < 1.29 is 32.4 Å². The molecule has 1 saturated heterocycles. The van der Waals surface area contributed by atoms with Crippen LogP contribution >= 0.6 is 0 Å². The van der Waals surface area contributed by atoms with Crippen LogP contribution in [0.3, 0.4) is 0 Å². The number of rotatable bonds is 15. The van der Waals surface area contributed by atoms with Crippen LogP contribution in [0.4, 0.5) is 4.79 Å². The number of hydrogen-bond acceptors (Lipinski definition) is 7. The van der Waals surface area contributed by atoms with E-state index < -0.39 is 74.2 Å². The quantitative estimate of drug-likeness (QED) is 0.183. The summed E-state index contributed by atoms with van der Waals surface area (Å²) < 4.78 is 29.1. The summed E-state index contributed by atoms with van der Waals surface area (Å²) in [6.45, 7) is 17.7. The molecule has 4 saturated carbocycles. The fraction of sp³-hybridized carbons (Fsp3) is 0.872. The molecule has 0 bridgehead atoms. The Morgan fingerprint density at radius 3 is 2.06 bits per heavy atom. The molecule has 1 heterocycles. The molecule has 0 aromatic rings. The number of nitrogens with zero attached hydrogens (tertiary/aromatic N) is 2. The van der Waals surface area contributed by atoms with Crippen molar-refractivity contribution in [3.63, 3.8) is 0 Å². The SMILES string of the molecule is CCN(C(C)(C)C)S(=O)(=O)CC1(NC(=O)NC(C(=O)N2CC3C(C2C(=O)NC(CCC2CC2)C(=O)C(=O)NC2CC2)C3(C)C)C(C)(C)C)CCCCC1. The van der Waals surface area contributed by atoms with Crippen LogP contribution in [-0.2, 0) is 29.2 Å². The number of piperidine rings is 1. The molecule has 5 rings (SSSR count). The van der Waals surface area contributed by atoms with Crippen LogP contribution in [0.2, 0.25) is 0 Å². The van der Waals surface area contributed by atoms with Gasteiger partial charge in [0, 0.05) is 24.7 Å². The third-order valence-corrected chi connectivity index (χ3v) is 14.9. The van der Waals surface area contributed by atoms with Gasteiger partial charge in [-0.15, -0.1) is 0 Å². The summed E-state index contributed by atoms with van der Waals surface area (Å²) in [5.74, 6) is -2.00. The molecule has 0 spiro atoms. The molecule has 0 radical (unpaired) electrons. The molecular weight excluding hydrogens is 697 g/mol. The van der Waals surface area contributed by atoms with E-state index in [4.69, 9.17) is 0 Å². The van der Waals surface area contributed by atoms with Gasteiger partial charge in [0.1, 0.15) is 12.1 Å². The van der Waals surface area contributed by atoms with Crippen molar-refractivity contribution in [2.24, 2.45) is 28.6 Å². The second-order valence-electron chi connectivity index (χ2n) is 19.4. The van der Waals surface area contributed by atoms with Gasteiger partial charge in [-0.25, -0.2) is 13.2 Å². The van der Waals surface area contributed by atoms with Gasteiger partial charge in [-0.2, -0.15) is 4.31 Å². The fourth-order valence-corrected chi connectivity index (χ4v) is 11.5. The average Bonchev–Trinajstić information content (AvgIpc) is 3.99. The maximum Gasteiger partial charge on any atom is 0.315 e. The van der Waals surface area contributed by atoms with Gasteiger partial charge in [0.15, 0.2) is 0 Å². The van der Waals surface area contributed by atoms with Crippen molar-refractivity contribution in [1.82, 2.24) is 30.5 Å². The first kappa shape index (κ1) is 41.4. The van der Waals surface area contributed by atoms with Gasteiger partial charge >= 0.3 is 6.03 Å². The fourth-order valence-electron chi connectivity index (χ4n) is 9.06. The topological polar surface area (TPSA) is 174 Å². The second kappa shape index (κ2) is 15.1. The lowest BCUT2D eigenvalue weighted by Gasteiger charge is -2.42. The number of urea groups is 1. The molecule has 13 nitrogen and oxygen atoms in total. The Kier molecular flexibility index (Phi) is 11.8. The third-order valence-electron chi connectivity index (χ3n) is 12.5. The van der Waals surface area contributed by atoms with Crippen LogP contribution in [-0.4, -0.2) is 101 Å². The highest BCUT2D eigenvalue weighted by molar-refractivity contribution is 7.89. The Hall–Kier alpha value is -2.74. The van der Waals surface area contributed by atoms with E-state index in [0.29, 0.717) is 38.3 Å². The number of nitrogens with one attached hydrogen (secondary N) is 4. The van der Waals surface area contributed by atoms with Crippen LogP contribution in [0, 0.1) is 28.6 Å². The summed E-state index contributed by atoms with van der Waals surface area (Å²) in [4.78, 5) is 70.6. The van der Waals surface area contributed by atoms with E-state index in [1.54, 1.807) is 4.90 Å². The van der Waals surface area contributed by atoms with Crippen LogP contribution in [0.1, 0.15) is 133 Å². The van der Waals surface area contributed by atoms with Gasteiger partial charge in [-0.1, -0.05) is 73.6 Å². The number of sulfonamides is 1. The minimum atomic E-state index is -3.76. The smallest absolute Gasteiger partial charge is 0.315 e. The van der Waals surface area contributed by atoms with E-state index in [1.165, 1.54) is 4.31 Å². The van der Waals surface area contributed by atoms with Crippen molar-refractivity contribution in [3.8, 4) is 0 Å². The molecule has 1 aliphatic heterocycles. The highest BCUT2D eigenvalue weighted by atomic mass is 32.2. The first-order valence-electron chi connectivity index (χ1n) is 20.1. The Morgan fingerprint density at radius 2 is 1.53 bits per heavy atom. The molecule has 14 heteroatoms. The van der Waals surface area contributed by atoms with Gasteiger partial charge in [0.25, 0.3) is 5.91 Å². The molecule has 5 atom stereocenters. The Bertz CT molecular complexity index is 1540. The van der Waals surface area contributed by atoms with E-state index >= 15 is 0 Å². The number of hydrogen-bond donors (Lipinski definition) is 4. The van der Waals surface area contributed by atoms with Crippen molar-refractivity contribution in [1.29, 1.82) is 0 Å². The molecule has 5 amide bonds. The number of amides is 5. The maximum atomic E-state index is 14.6. The lowest BCUT2D eigenvalue weighted by molar-refractivity contribution is -0.145. The molecule has 300 valence electrons. The van der Waals surface area contributed by atoms with E-state index in [-0.39, 0.29) is 29.0 Å². The first-order valence-corrected chi connectivity index (χ1v) is 21.7. The summed E-state index contributed by atoms with van der Waals surface area (Å²) in [7, 11) is -3.76. The zero-order valence-electron chi connectivity index (χ0n) is 33.6. The minimum Gasteiger partial charge on any atom is -0.347 e. The lowest BCUT2D eigenvalue weighted by Crippen LogP contribution is -2.64. The summed E-state index contributed by atoms with van der Waals surface area (Å²) in [6.07, 6.45) is 8.42. The standard InChI is InChI=1S/C39H66N6O7S/c1-10-45(37(5,6)7)53(51,52)23-39(20-12-11-13-21-39)43-35(50)42-31(36(2,3)4)34(49)44-22-26-28(38(26,8)9)29(44)32(47)41-27(19-16-24-14-15-24)30(46)33(48)40-25-17-18-25/h24-29,31H,10-23H2,1-9H3,(H,40,48)(H,41,47)(H2,42,43,50). The largest absolute Gasteiger partial charge is 0.347 e. The zero-order valence-corrected chi connectivity index (χ0v) is 34.4. The second-order valence-corrected chi connectivity index (χ2v) is 21.3. The highest BCUT2D eigenvalue weighted by Gasteiger charge is 2.70. The molecule has 5 fully saturated rings. The summed E-state index contributed by atoms with van der Waals surface area (Å²) >= 11 is 0. The predicted octanol–water partition coefficient (Wildman–Crippen LogP) is 3.86. The molecule has 0 aromatic carbocycles. The number of likely N-dealkylation sites (tertiary alicyclic amines) is 1. The van der Waals surface area contributed by atoms with Gasteiger partial charge in [0.05, 0.1) is 17.3 Å². The van der Waals surface area contributed by atoms with E-state index in [9.17, 15) is 32.4 Å². The van der Waals surface area contributed by atoms with Crippen molar-refractivity contribution in [3.05, 3.63) is 0 Å². The number of carbonyl (C=O) groups excluding carboxylic acids is 5. The molecule has 0 aromatic heterocycles. The zero-order chi connectivity index (χ0) is 39.3. The van der Waals surface area contributed by atoms with Gasteiger partial charge < -0.3 is 26.2 Å². The van der Waals surface area contributed by atoms with E-state index in [1.807, 2.05) is 48.5 Å². The van der Waals surface area contributed by atoms with Crippen molar-refractivity contribution >= 4 is 39.6 Å². The van der Waals surface area contributed by atoms with E-state index in [2.05, 4.69) is 35.1 Å². The number of carbonyl (C=O) groups is 5. The van der Waals surface area contributed by atoms with Crippen molar-refractivity contribution in [2.45, 2.75) is 168 Å². The van der Waals surface area contributed by atoms with Crippen LogP contribution < -0.4 is 21.3 Å². The molecule has 53 heavy (non-hydrogen) atoms. The Labute approximate surface area is 317 Å². The third kappa shape index (κ3) is 9.56. The normalized spacial score (nSPS) is 26.2. The van der Waals surface area contributed by atoms with Crippen LogP contribution in [0.5, 0.6) is 0 Å². The average molecular weight is 763 g/mol. The van der Waals surface area contributed by atoms with E-state index in [0.717, 1.165) is 51.4 Å². The monoisotopic (exact) mass is 762 g/mol. The Morgan fingerprint density at radius 1 is 0.906 bits per heavy atom.